The average molecular weight is 339 g/mol. The molecule has 4 rings (SSSR count). The van der Waals surface area contributed by atoms with Gasteiger partial charge in [0.15, 0.2) is 0 Å². The van der Waals surface area contributed by atoms with E-state index in [2.05, 4.69) is 47.8 Å². The largest absolute Gasteiger partial charge is 0.348 e. The summed E-state index contributed by atoms with van der Waals surface area (Å²) in [6.07, 6.45) is 11.4. The molecule has 0 spiro atoms. The van der Waals surface area contributed by atoms with Gasteiger partial charge in [0.25, 0.3) is 0 Å². The second-order valence-corrected chi connectivity index (χ2v) is 8.33. The Labute approximate surface area is 149 Å². The fourth-order valence-electron chi connectivity index (χ4n) is 3.68. The zero-order valence-corrected chi connectivity index (χ0v) is 15.3. The zero-order valence-electron chi connectivity index (χ0n) is 14.5. The summed E-state index contributed by atoms with van der Waals surface area (Å²) in [7, 11) is 2.17. The molecule has 2 aliphatic rings. The van der Waals surface area contributed by atoms with E-state index in [1.54, 1.807) is 0 Å². The predicted molar refractivity (Wildman–Crippen MR) is 104 cm³/mol. The number of allylic oxidation sites excluding steroid dienone is 1. The first-order chi connectivity index (χ1) is 11.7. The molecule has 0 atom stereocenters. The number of thiazole rings is 1. The van der Waals surface area contributed by atoms with Crippen LogP contribution in [0.5, 0.6) is 0 Å². The van der Waals surface area contributed by atoms with E-state index in [1.165, 1.54) is 71.8 Å². The Balaban J connectivity index is 1.53. The van der Waals surface area contributed by atoms with Crippen molar-refractivity contribution >= 4 is 17.0 Å². The van der Waals surface area contributed by atoms with Crippen molar-refractivity contribution in [1.29, 1.82) is 0 Å². The molecule has 0 unspecified atom stereocenters. The normalized spacial score (nSPS) is 18.5. The molecule has 2 nitrogen and oxygen atoms in total. The standard InChI is InChI=1S/C21H26N2S/c1-15(16-7-4-3-5-8-16)23(2)19-10-6-9-18(13-19)20-14-22-21(24-20)17-11-12-17/h6,9-10,13-14,16-17H,1,3-5,7-8,11-12H2,2H3. The van der Waals surface area contributed by atoms with Gasteiger partial charge in [-0.15, -0.1) is 11.3 Å². The van der Waals surface area contributed by atoms with Crippen molar-refractivity contribution in [2.75, 3.05) is 11.9 Å². The van der Waals surface area contributed by atoms with Crippen LogP contribution in [0.2, 0.25) is 0 Å². The molecule has 2 aromatic rings. The molecule has 0 aliphatic heterocycles. The Morgan fingerprint density at radius 3 is 2.71 bits per heavy atom. The van der Waals surface area contributed by atoms with Crippen molar-refractivity contribution in [3.63, 3.8) is 0 Å². The van der Waals surface area contributed by atoms with E-state index in [0.717, 1.165) is 5.92 Å². The van der Waals surface area contributed by atoms with Gasteiger partial charge in [-0.2, -0.15) is 0 Å². The molecule has 0 N–H and O–H groups in total. The summed E-state index contributed by atoms with van der Waals surface area (Å²) in [4.78, 5) is 8.21. The third kappa shape index (κ3) is 3.27. The fraction of sp³-hybridized carbons (Fsp3) is 0.476. The van der Waals surface area contributed by atoms with Crippen molar-refractivity contribution in [3.05, 3.63) is 47.7 Å². The lowest BCUT2D eigenvalue weighted by Gasteiger charge is -2.31. The molecule has 24 heavy (non-hydrogen) atoms. The summed E-state index contributed by atoms with van der Waals surface area (Å²) in [6.45, 7) is 4.41. The van der Waals surface area contributed by atoms with Crippen molar-refractivity contribution in [1.82, 2.24) is 4.98 Å². The minimum Gasteiger partial charge on any atom is -0.348 e. The lowest BCUT2D eigenvalue weighted by Crippen LogP contribution is -2.23. The van der Waals surface area contributed by atoms with Gasteiger partial charge in [0, 0.05) is 30.5 Å². The number of nitrogens with zero attached hydrogens (tertiary/aromatic N) is 2. The van der Waals surface area contributed by atoms with Crippen LogP contribution in [0.25, 0.3) is 10.4 Å². The highest BCUT2D eigenvalue weighted by Crippen LogP contribution is 2.43. The van der Waals surface area contributed by atoms with E-state index in [9.17, 15) is 0 Å². The minimum atomic E-state index is 0.650. The number of hydrogen-bond acceptors (Lipinski definition) is 3. The van der Waals surface area contributed by atoms with Crippen LogP contribution in [0.1, 0.15) is 55.9 Å². The first kappa shape index (κ1) is 15.9. The third-order valence-electron chi connectivity index (χ3n) is 5.48. The van der Waals surface area contributed by atoms with Crippen molar-refractivity contribution < 1.29 is 0 Å². The van der Waals surface area contributed by atoms with Gasteiger partial charge in [-0.1, -0.05) is 38.0 Å². The quantitative estimate of drug-likeness (QED) is 0.643. The Bertz CT molecular complexity index is 723. The Kier molecular flexibility index (Phi) is 4.45. The molecule has 1 aromatic carbocycles. The predicted octanol–water partition coefficient (Wildman–Crippen LogP) is 6.22. The zero-order chi connectivity index (χ0) is 16.5. The van der Waals surface area contributed by atoms with E-state index in [1.807, 2.05) is 17.5 Å². The Hall–Kier alpha value is -1.61. The van der Waals surface area contributed by atoms with Crippen LogP contribution in [0.15, 0.2) is 42.7 Å². The smallest absolute Gasteiger partial charge is 0.0962 e. The highest BCUT2D eigenvalue weighted by atomic mass is 32.1. The molecule has 1 heterocycles. The molecular formula is C21H26N2S. The second-order valence-electron chi connectivity index (χ2n) is 7.27. The van der Waals surface area contributed by atoms with E-state index in [4.69, 9.17) is 0 Å². The Morgan fingerprint density at radius 2 is 1.96 bits per heavy atom. The van der Waals surface area contributed by atoms with Crippen LogP contribution in [-0.2, 0) is 0 Å². The fourth-order valence-corrected chi connectivity index (χ4v) is 4.77. The molecule has 3 heteroatoms. The van der Waals surface area contributed by atoms with Gasteiger partial charge in [0.1, 0.15) is 0 Å². The maximum Gasteiger partial charge on any atom is 0.0962 e. The summed E-state index contributed by atoms with van der Waals surface area (Å²) in [6, 6.07) is 8.84. The topological polar surface area (TPSA) is 16.1 Å². The maximum absolute atomic E-state index is 4.63. The molecule has 1 aromatic heterocycles. The van der Waals surface area contributed by atoms with Gasteiger partial charge in [-0.25, -0.2) is 4.98 Å². The second kappa shape index (κ2) is 6.72. The van der Waals surface area contributed by atoms with Gasteiger partial charge < -0.3 is 4.90 Å². The molecule has 0 bridgehead atoms. The van der Waals surface area contributed by atoms with Crippen LogP contribution in [0, 0.1) is 5.92 Å². The molecule has 126 valence electrons. The SMILES string of the molecule is C=C(C1CCCCC1)N(C)c1cccc(-c2cnc(C3CC3)s2)c1. The van der Waals surface area contributed by atoms with E-state index >= 15 is 0 Å². The number of anilines is 1. The van der Waals surface area contributed by atoms with Crippen molar-refractivity contribution in [3.8, 4) is 10.4 Å². The molecule has 2 aliphatic carbocycles. The molecule has 0 saturated heterocycles. The van der Waals surface area contributed by atoms with E-state index in [0.29, 0.717) is 5.92 Å². The molecular weight excluding hydrogens is 312 g/mol. The van der Waals surface area contributed by atoms with Crippen LogP contribution >= 0.6 is 11.3 Å². The summed E-state index contributed by atoms with van der Waals surface area (Å²) in [5.74, 6) is 1.39. The third-order valence-corrected chi connectivity index (χ3v) is 6.68. The number of hydrogen-bond donors (Lipinski definition) is 0. The summed E-state index contributed by atoms with van der Waals surface area (Å²) < 4.78 is 0. The van der Waals surface area contributed by atoms with Crippen LogP contribution in [0.4, 0.5) is 5.69 Å². The Morgan fingerprint density at radius 1 is 1.17 bits per heavy atom. The minimum absolute atomic E-state index is 0.650. The van der Waals surface area contributed by atoms with E-state index < -0.39 is 0 Å². The van der Waals surface area contributed by atoms with Crippen molar-refractivity contribution in [2.45, 2.75) is 50.9 Å². The van der Waals surface area contributed by atoms with Gasteiger partial charge in [-0.05, 0) is 49.3 Å². The maximum atomic E-state index is 4.63. The van der Waals surface area contributed by atoms with Gasteiger partial charge in [0.2, 0.25) is 0 Å². The monoisotopic (exact) mass is 338 g/mol. The number of aromatic nitrogens is 1. The van der Waals surface area contributed by atoms with Gasteiger partial charge >= 0.3 is 0 Å². The molecule has 2 saturated carbocycles. The number of benzene rings is 1. The highest BCUT2D eigenvalue weighted by Gasteiger charge is 2.27. The number of rotatable bonds is 5. The summed E-state index contributed by atoms with van der Waals surface area (Å²) in [5.41, 5.74) is 3.79. The van der Waals surface area contributed by atoms with Crippen LogP contribution in [0.3, 0.4) is 0 Å². The van der Waals surface area contributed by atoms with E-state index in [-0.39, 0.29) is 0 Å². The average Bonchev–Trinajstić information content (AvgIpc) is 3.38. The molecule has 0 radical (unpaired) electrons. The lowest BCUT2D eigenvalue weighted by molar-refractivity contribution is 0.398. The van der Waals surface area contributed by atoms with Crippen LogP contribution in [-0.4, -0.2) is 12.0 Å². The molecule has 0 amide bonds. The van der Waals surface area contributed by atoms with Crippen molar-refractivity contribution in [2.24, 2.45) is 5.92 Å². The lowest BCUT2D eigenvalue weighted by atomic mass is 9.87. The molecule has 2 fully saturated rings. The van der Waals surface area contributed by atoms with Crippen LogP contribution < -0.4 is 4.90 Å². The summed E-state index contributed by atoms with van der Waals surface area (Å²) in [5, 5.41) is 1.32. The summed E-state index contributed by atoms with van der Waals surface area (Å²) >= 11 is 1.86. The van der Waals surface area contributed by atoms with Gasteiger partial charge in [-0.3, -0.25) is 0 Å². The van der Waals surface area contributed by atoms with Gasteiger partial charge in [0.05, 0.1) is 9.88 Å². The first-order valence-corrected chi connectivity index (χ1v) is 10.0. The highest BCUT2D eigenvalue weighted by molar-refractivity contribution is 7.15. The first-order valence-electron chi connectivity index (χ1n) is 9.21.